The number of nitrogens with zero attached hydrogens (tertiary/aromatic N) is 2. The number of morpholine rings is 1. The number of thioether (sulfide) groups is 1. The molecule has 1 aromatic heterocycles. The van der Waals surface area contributed by atoms with Crippen LogP contribution in [0.2, 0.25) is 0 Å². The van der Waals surface area contributed by atoms with Crippen molar-refractivity contribution in [1.29, 1.82) is 0 Å². The number of carbonyl (C=O) groups is 1. The van der Waals surface area contributed by atoms with Crippen molar-refractivity contribution in [2.45, 2.75) is 34.4 Å². The van der Waals surface area contributed by atoms with Crippen LogP contribution >= 0.6 is 11.8 Å². The lowest BCUT2D eigenvalue weighted by Gasteiger charge is -2.25. The highest BCUT2D eigenvalue weighted by Gasteiger charge is 2.27. The van der Waals surface area contributed by atoms with Crippen LogP contribution in [0, 0.1) is 0 Å². The van der Waals surface area contributed by atoms with Crippen molar-refractivity contribution in [2.24, 2.45) is 0 Å². The van der Waals surface area contributed by atoms with Crippen molar-refractivity contribution >= 4 is 27.7 Å². The monoisotopic (exact) mass is 371 g/mol. The predicted octanol–water partition coefficient (Wildman–Crippen LogP) is 0.863. The first-order chi connectivity index (χ1) is 11.6. The summed E-state index contributed by atoms with van der Waals surface area (Å²) in [5, 5.41) is 3.39. The first-order valence-corrected chi connectivity index (χ1v) is 10.4. The molecule has 2 aliphatic heterocycles. The second-order valence-corrected chi connectivity index (χ2v) is 8.90. The van der Waals surface area contributed by atoms with E-state index in [0.29, 0.717) is 31.3 Å². The van der Waals surface area contributed by atoms with Gasteiger partial charge in [0, 0.05) is 25.8 Å². The zero-order valence-electron chi connectivity index (χ0n) is 13.3. The molecule has 2 fully saturated rings. The van der Waals surface area contributed by atoms with Gasteiger partial charge in [-0.05, 0) is 25.0 Å². The molecule has 9 heteroatoms. The molecular formula is C15H21N3O4S2. The van der Waals surface area contributed by atoms with Gasteiger partial charge in [-0.1, -0.05) is 18.2 Å². The van der Waals surface area contributed by atoms with Crippen LogP contribution in [0.15, 0.2) is 28.3 Å². The molecule has 2 saturated heterocycles. The number of pyridine rings is 1. The first-order valence-electron chi connectivity index (χ1n) is 8.06. The van der Waals surface area contributed by atoms with E-state index in [2.05, 4.69) is 10.3 Å². The van der Waals surface area contributed by atoms with E-state index in [-0.39, 0.29) is 16.1 Å². The van der Waals surface area contributed by atoms with Crippen molar-refractivity contribution < 1.29 is 17.9 Å². The molecule has 132 valence electrons. The lowest BCUT2D eigenvalue weighted by Crippen LogP contribution is -2.40. The largest absolute Gasteiger partial charge is 0.379 e. The summed E-state index contributed by atoms with van der Waals surface area (Å²) in [6.07, 6.45) is 4.18. The Kier molecular flexibility index (Phi) is 5.75. The normalized spacial score (nSPS) is 23.5. The van der Waals surface area contributed by atoms with Crippen molar-refractivity contribution in [3.63, 3.8) is 0 Å². The molecule has 24 heavy (non-hydrogen) atoms. The van der Waals surface area contributed by atoms with Gasteiger partial charge < -0.3 is 10.1 Å². The van der Waals surface area contributed by atoms with Crippen LogP contribution in [0.1, 0.15) is 19.3 Å². The summed E-state index contributed by atoms with van der Waals surface area (Å²) in [5.74, 6) is 0.0318. The Morgan fingerprint density at radius 1 is 1.25 bits per heavy atom. The molecule has 1 atom stereocenters. The molecule has 0 saturated carbocycles. The minimum absolute atomic E-state index is 0.0318. The Hall–Kier alpha value is -1.16. The van der Waals surface area contributed by atoms with Crippen LogP contribution < -0.4 is 5.32 Å². The fraction of sp³-hybridized carbons (Fsp3) is 0.600. The summed E-state index contributed by atoms with van der Waals surface area (Å²) in [6, 6.07) is 3.24. The molecule has 7 nitrogen and oxygen atoms in total. The van der Waals surface area contributed by atoms with Gasteiger partial charge in [0.2, 0.25) is 15.9 Å². The van der Waals surface area contributed by atoms with E-state index in [1.165, 1.54) is 22.3 Å². The number of aromatic nitrogens is 1. The number of hydrogen-bond donors (Lipinski definition) is 1. The van der Waals surface area contributed by atoms with Gasteiger partial charge in [-0.15, -0.1) is 0 Å². The average molecular weight is 371 g/mol. The van der Waals surface area contributed by atoms with Crippen LogP contribution in [-0.4, -0.2) is 61.7 Å². The molecular weight excluding hydrogens is 350 g/mol. The number of amides is 1. The Bertz CT molecular complexity index is 672. The number of ether oxygens (including phenoxy) is 1. The molecule has 1 aromatic rings. The second kappa shape index (κ2) is 7.81. The predicted molar refractivity (Wildman–Crippen MR) is 90.3 cm³/mol. The third-order valence-corrected chi connectivity index (χ3v) is 7.16. The SMILES string of the molecule is O=C1NCCCC[C@H]1Sc1ccc(S(=O)(=O)N2CCOCC2)cn1. The number of carbonyl (C=O) groups excluding carboxylic acids is 1. The Morgan fingerprint density at radius 3 is 2.75 bits per heavy atom. The van der Waals surface area contributed by atoms with E-state index in [0.717, 1.165) is 25.8 Å². The van der Waals surface area contributed by atoms with Crippen LogP contribution in [0.4, 0.5) is 0 Å². The number of sulfonamides is 1. The standard InChI is InChI=1S/C15H21N3O4S2/c19-15-13(3-1-2-6-16-15)23-14-5-4-12(11-17-14)24(20,21)18-7-9-22-10-8-18/h4-5,11,13H,1-3,6-10H2,(H,16,19)/t13-/m1/s1. The topological polar surface area (TPSA) is 88.6 Å². The van der Waals surface area contributed by atoms with Gasteiger partial charge in [0.25, 0.3) is 0 Å². The maximum absolute atomic E-state index is 12.5. The zero-order chi connectivity index (χ0) is 17.0. The first kappa shape index (κ1) is 17.7. The molecule has 0 aliphatic carbocycles. The highest BCUT2D eigenvalue weighted by Crippen LogP contribution is 2.27. The van der Waals surface area contributed by atoms with Crippen molar-refractivity contribution in [3.8, 4) is 0 Å². The summed E-state index contributed by atoms with van der Waals surface area (Å²) in [4.78, 5) is 16.4. The molecule has 2 aliphatic rings. The fourth-order valence-corrected chi connectivity index (χ4v) is 5.07. The third kappa shape index (κ3) is 4.08. The average Bonchev–Trinajstić information content (AvgIpc) is 2.81. The van der Waals surface area contributed by atoms with Gasteiger partial charge in [-0.3, -0.25) is 4.79 Å². The molecule has 1 amide bonds. The van der Waals surface area contributed by atoms with Crippen LogP contribution in [0.25, 0.3) is 0 Å². The minimum atomic E-state index is -3.53. The number of rotatable bonds is 4. The van der Waals surface area contributed by atoms with Crippen molar-refractivity contribution in [2.75, 3.05) is 32.8 Å². The van der Waals surface area contributed by atoms with E-state index in [1.54, 1.807) is 12.1 Å². The smallest absolute Gasteiger partial charge is 0.244 e. The van der Waals surface area contributed by atoms with Gasteiger partial charge in [0.1, 0.15) is 4.90 Å². The summed E-state index contributed by atoms with van der Waals surface area (Å²) in [6.45, 7) is 2.27. The highest BCUT2D eigenvalue weighted by molar-refractivity contribution is 8.00. The maximum Gasteiger partial charge on any atom is 0.244 e. The summed E-state index contributed by atoms with van der Waals surface area (Å²) < 4.78 is 31.7. The quantitative estimate of drug-likeness (QED) is 0.845. The summed E-state index contributed by atoms with van der Waals surface area (Å²) in [7, 11) is -3.53. The summed E-state index contributed by atoms with van der Waals surface area (Å²) in [5.41, 5.74) is 0. The number of hydrogen-bond acceptors (Lipinski definition) is 6. The van der Waals surface area contributed by atoms with Gasteiger partial charge in [-0.25, -0.2) is 13.4 Å². The Balaban J connectivity index is 1.69. The minimum Gasteiger partial charge on any atom is -0.379 e. The van der Waals surface area contributed by atoms with E-state index in [1.807, 2.05) is 0 Å². The molecule has 0 radical (unpaired) electrons. The van der Waals surface area contributed by atoms with Gasteiger partial charge in [0.15, 0.2) is 0 Å². The van der Waals surface area contributed by atoms with Crippen molar-refractivity contribution in [1.82, 2.24) is 14.6 Å². The maximum atomic E-state index is 12.5. The zero-order valence-corrected chi connectivity index (χ0v) is 14.9. The molecule has 3 heterocycles. The molecule has 0 spiro atoms. The Morgan fingerprint density at radius 2 is 2.04 bits per heavy atom. The van der Waals surface area contributed by atoms with E-state index in [9.17, 15) is 13.2 Å². The number of nitrogens with one attached hydrogen (secondary N) is 1. The third-order valence-electron chi connectivity index (χ3n) is 4.06. The lowest BCUT2D eigenvalue weighted by atomic mass is 10.2. The molecule has 3 rings (SSSR count). The van der Waals surface area contributed by atoms with Crippen LogP contribution in [0.5, 0.6) is 0 Å². The summed E-state index contributed by atoms with van der Waals surface area (Å²) >= 11 is 1.39. The van der Waals surface area contributed by atoms with Gasteiger partial charge in [0.05, 0.1) is 23.5 Å². The molecule has 0 unspecified atom stereocenters. The molecule has 0 aromatic carbocycles. The second-order valence-electron chi connectivity index (χ2n) is 5.74. The van der Waals surface area contributed by atoms with E-state index in [4.69, 9.17) is 4.74 Å². The fourth-order valence-electron chi connectivity index (χ4n) is 2.69. The van der Waals surface area contributed by atoms with E-state index >= 15 is 0 Å². The molecule has 0 bridgehead atoms. The van der Waals surface area contributed by atoms with Crippen molar-refractivity contribution in [3.05, 3.63) is 18.3 Å². The van der Waals surface area contributed by atoms with Gasteiger partial charge in [-0.2, -0.15) is 4.31 Å². The van der Waals surface area contributed by atoms with E-state index < -0.39 is 10.0 Å². The molecule has 1 N–H and O–H groups in total. The Labute approximate surface area is 146 Å². The van der Waals surface area contributed by atoms with Crippen LogP contribution in [-0.2, 0) is 19.6 Å². The van der Waals surface area contributed by atoms with Crippen LogP contribution in [0.3, 0.4) is 0 Å². The van der Waals surface area contributed by atoms with Gasteiger partial charge >= 0.3 is 0 Å². The highest BCUT2D eigenvalue weighted by atomic mass is 32.2. The lowest BCUT2D eigenvalue weighted by molar-refractivity contribution is -0.120.